The number of methoxy groups -OCH3 is 1. The fourth-order valence-electron chi connectivity index (χ4n) is 11.3. The molecule has 0 bridgehead atoms. The van der Waals surface area contributed by atoms with Crippen molar-refractivity contribution in [1.29, 1.82) is 0 Å². The molecule has 3 heterocycles. The predicted molar refractivity (Wildman–Crippen MR) is 308 cm³/mol. The maximum Gasteiger partial charge on any atom is 0.311 e. The van der Waals surface area contributed by atoms with Gasteiger partial charge in [-0.15, -0.1) is 0 Å². The van der Waals surface area contributed by atoms with Crippen molar-refractivity contribution < 1.29 is 68.3 Å². The summed E-state index contributed by atoms with van der Waals surface area (Å²) in [6, 6.07) is -2.36. The van der Waals surface area contributed by atoms with E-state index in [4.69, 9.17) is 28.4 Å². The summed E-state index contributed by atoms with van der Waals surface area (Å²) in [6.07, 6.45) is 21.3. The van der Waals surface area contributed by atoms with Gasteiger partial charge in [-0.2, -0.15) is 0 Å². The highest BCUT2D eigenvalue weighted by Crippen LogP contribution is 2.40. The smallest absolute Gasteiger partial charge is 0.311 e. The summed E-state index contributed by atoms with van der Waals surface area (Å²) in [6.45, 7) is 21.3. The van der Waals surface area contributed by atoms with Crippen LogP contribution in [-0.4, -0.2) is 177 Å². The number of cyclic esters (lactones) is 1. The molecule has 452 valence electrons. The molecule has 3 rings (SSSR count). The van der Waals surface area contributed by atoms with Crippen molar-refractivity contribution in [3.63, 3.8) is 0 Å². The van der Waals surface area contributed by atoms with Crippen LogP contribution in [0.4, 0.5) is 0 Å². The molecule has 19 atom stereocenters. The second-order valence-electron chi connectivity index (χ2n) is 23.4. The number of carbonyl (C=O) groups is 3. The molecule has 0 saturated carbocycles. The molecule has 0 aromatic rings. The highest BCUT2D eigenvalue weighted by molar-refractivity contribution is 5.87. The number of aliphatic hydroxyl groups is 5. The summed E-state index contributed by atoms with van der Waals surface area (Å²) in [5, 5.41) is 62.5. The molecule has 3 aliphatic heterocycles. The number of nitrogens with zero attached hydrogens (tertiary/aromatic N) is 2. The molecule has 3 aliphatic rings. The molecule has 0 radical (unpaired) electrons. The van der Waals surface area contributed by atoms with E-state index < -0.39 is 120 Å². The number of carbonyl (C=O) groups excluding carboxylic acids is 3. The number of hydrogen-bond acceptors (Lipinski definition) is 15. The molecule has 79 heavy (non-hydrogen) atoms. The van der Waals surface area contributed by atoms with Gasteiger partial charge in [-0.3, -0.25) is 14.4 Å². The van der Waals surface area contributed by atoms with Crippen molar-refractivity contribution >= 4 is 17.8 Å². The van der Waals surface area contributed by atoms with E-state index in [1.165, 1.54) is 18.9 Å². The van der Waals surface area contributed by atoms with Crippen LogP contribution < -0.4 is 5.32 Å². The number of hydrogen-bond donors (Lipinski definition) is 6. The number of likely N-dealkylation sites (N-methyl/N-ethyl adjacent to an activating group) is 2. The second-order valence-corrected chi connectivity index (χ2v) is 23.4. The highest BCUT2D eigenvalue weighted by atomic mass is 16.7. The lowest BCUT2D eigenvalue weighted by molar-refractivity contribution is -0.317. The number of esters is 1. The molecule has 17 heteroatoms. The van der Waals surface area contributed by atoms with Gasteiger partial charge in [0.25, 0.3) is 0 Å². The van der Waals surface area contributed by atoms with Crippen LogP contribution in [0, 0.1) is 17.8 Å². The lowest BCUT2D eigenvalue weighted by atomic mass is 9.77. The van der Waals surface area contributed by atoms with E-state index in [-0.39, 0.29) is 43.9 Å². The third kappa shape index (κ3) is 21.0. The van der Waals surface area contributed by atoms with Gasteiger partial charge in [0.1, 0.15) is 36.1 Å². The minimum Gasteiger partial charge on any atom is -0.459 e. The molecular formula is C62H105N3O14. The van der Waals surface area contributed by atoms with Crippen LogP contribution in [0.25, 0.3) is 0 Å². The summed E-state index contributed by atoms with van der Waals surface area (Å²) in [5.74, 6) is -3.73. The van der Waals surface area contributed by atoms with E-state index in [9.17, 15) is 39.9 Å². The second kappa shape index (κ2) is 33.5. The van der Waals surface area contributed by atoms with Crippen molar-refractivity contribution in [1.82, 2.24) is 15.1 Å². The monoisotopic (exact) mass is 1120 g/mol. The van der Waals surface area contributed by atoms with Crippen molar-refractivity contribution in [2.75, 3.05) is 27.7 Å². The van der Waals surface area contributed by atoms with E-state index in [0.717, 1.165) is 38.5 Å². The van der Waals surface area contributed by atoms with Crippen LogP contribution in [0.15, 0.2) is 72.9 Å². The molecule has 2 amide bonds. The predicted octanol–water partition coefficient (Wildman–Crippen LogP) is 7.78. The Labute approximate surface area is 474 Å². The molecule has 0 spiro atoms. The SMILES string of the molecule is CC/C=C\C/C=C\C/C=C\C/C=C\C/C=C\C/C=C\CCC(=O)N[C@@H](C)C(=O)N(C)[C@H]1C[C@@H](C)O[C@@H](O[C@@H]2[C@@H](C)[C@H](O[C@H]3C[C@@](C)(OC)[C@@H](O)[C@H](C)O3)[C@@H](C)C(=O)O[C@H](CC)[C@@](C)(O)[C@H](O)[C@@H](C)N(C)C[C@H](C)C[C@@]2(C)O)[C@@H]1O. The van der Waals surface area contributed by atoms with E-state index in [1.807, 2.05) is 31.0 Å². The number of ether oxygens (including phenoxy) is 6. The first-order chi connectivity index (χ1) is 37.2. The Kier molecular flexibility index (Phi) is 29.5. The fourth-order valence-corrected chi connectivity index (χ4v) is 11.3. The largest absolute Gasteiger partial charge is 0.459 e. The van der Waals surface area contributed by atoms with Crippen molar-refractivity contribution in [3.05, 3.63) is 72.9 Å². The molecule has 17 nitrogen and oxygen atoms in total. The zero-order valence-electron chi connectivity index (χ0n) is 50.7. The van der Waals surface area contributed by atoms with Crippen molar-refractivity contribution in [3.8, 4) is 0 Å². The fraction of sp³-hybridized carbons (Fsp3) is 0.758. The van der Waals surface area contributed by atoms with Crippen LogP contribution in [-0.2, 0) is 42.8 Å². The molecule has 3 saturated heterocycles. The van der Waals surface area contributed by atoms with Crippen molar-refractivity contribution in [2.45, 2.75) is 256 Å². The lowest BCUT2D eigenvalue weighted by Crippen LogP contribution is -2.62. The van der Waals surface area contributed by atoms with Crippen LogP contribution in [0.2, 0.25) is 0 Å². The van der Waals surface area contributed by atoms with Gasteiger partial charge in [0.15, 0.2) is 12.6 Å². The Morgan fingerprint density at radius 1 is 0.810 bits per heavy atom. The third-order valence-electron chi connectivity index (χ3n) is 16.3. The normalized spacial score (nSPS) is 37.5. The molecule has 0 aromatic heterocycles. The molecule has 6 N–H and O–H groups in total. The van der Waals surface area contributed by atoms with Crippen LogP contribution >= 0.6 is 0 Å². The molecule has 0 aliphatic carbocycles. The van der Waals surface area contributed by atoms with E-state index >= 15 is 0 Å². The highest BCUT2D eigenvalue weighted by Gasteiger charge is 2.53. The number of nitrogens with one attached hydrogen (secondary N) is 1. The molecule has 0 aromatic carbocycles. The first-order valence-corrected chi connectivity index (χ1v) is 29.2. The number of amides is 2. The molecule has 0 unspecified atom stereocenters. The Hall–Kier alpha value is -3.59. The maximum absolute atomic E-state index is 14.5. The van der Waals surface area contributed by atoms with Gasteiger partial charge in [-0.1, -0.05) is 101 Å². The van der Waals surface area contributed by atoms with Gasteiger partial charge in [-0.05, 0) is 133 Å². The summed E-state index contributed by atoms with van der Waals surface area (Å²) in [7, 11) is 4.86. The number of rotatable bonds is 23. The first-order valence-electron chi connectivity index (χ1n) is 29.2. The Balaban J connectivity index is 1.79. The topological polar surface area (TPSA) is 226 Å². The van der Waals surface area contributed by atoms with Gasteiger partial charge in [0.05, 0.1) is 47.6 Å². The first kappa shape index (κ1) is 69.7. The Morgan fingerprint density at radius 3 is 1.89 bits per heavy atom. The quantitative estimate of drug-likeness (QED) is 0.0424. The van der Waals surface area contributed by atoms with Crippen LogP contribution in [0.5, 0.6) is 0 Å². The van der Waals surface area contributed by atoms with Gasteiger partial charge in [0.2, 0.25) is 11.8 Å². The average molecular weight is 1120 g/mol. The summed E-state index contributed by atoms with van der Waals surface area (Å²) in [5.41, 5.74) is -4.68. The lowest BCUT2D eigenvalue weighted by Gasteiger charge is -2.49. The van der Waals surface area contributed by atoms with E-state index in [2.05, 4.69) is 73.0 Å². The Morgan fingerprint density at radius 2 is 1.35 bits per heavy atom. The zero-order valence-corrected chi connectivity index (χ0v) is 50.7. The zero-order chi connectivity index (χ0) is 59.3. The van der Waals surface area contributed by atoms with Crippen molar-refractivity contribution in [2.24, 2.45) is 17.8 Å². The standard InChI is InChI=1S/C62H105N3O14/c1-16-18-19-20-21-22-23-24-25-26-27-28-29-30-31-32-33-34-35-36-50(66)63-45(7)57(70)65(14)48-37-42(4)75-59(52(48)67)79-56-43(5)53(78-51-39-61(11,74-15)55(69)47(9)76-51)44(6)58(71)77-49(17-2)62(12,73)54(68)46(8)64(13)40-41(3)38-60(56,10)72/h18-19,21-22,24-25,27-28,30-31,33-34,41-49,51-56,59,67-69,72-73H,16-17,20,23,26,29,32,35-40H2,1-15H3,(H,63,66)/b19-18-,22-21-,25-24-,28-27-,31-30-,34-33-/t41-,42-,43+,44-,45+,46-,47+,48+,49-,51+,52-,53+,54-,55+,56-,59+,60-,61-,62-/m1/s1. The van der Waals surface area contributed by atoms with Gasteiger partial charge < -0.3 is 69.1 Å². The maximum atomic E-state index is 14.5. The van der Waals surface area contributed by atoms with Crippen LogP contribution in [0.3, 0.4) is 0 Å². The van der Waals surface area contributed by atoms with Crippen LogP contribution in [0.1, 0.15) is 160 Å². The summed E-state index contributed by atoms with van der Waals surface area (Å²) in [4.78, 5) is 44.9. The van der Waals surface area contributed by atoms with Gasteiger partial charge in [0, 0.05) is 45.5 Å². The average Bonchev–Trinajstić information content (AvgIpc) is 3.45. The summed E-state index contributed by atoms with van der Waals surface area (Å²) >= 11 is 0. The number of aliphatic hydroxyl groups excluding tert-OH is 3. The molecular weight excluding hydrogens is 1010 g/mol. The van der Waals surface area contributed by atoms with E-state index in [1.54, 1.807) is 69.4 Å². The van der Waals surface area contributed by atoms with E-state index in [0.29, 0.717) is 13.0 Å². The minimum absolute atomic E-state index is 0.0635. The molecule has 3 fully saturated rings. The van der Waals surface area contributed by atoms with Gasteiger partial charge in [-0.25, -0.2) is 0 Å². The number of allylic oxidation sites excluding steroid dienone is 12. The minimum atomic E-state index is -1.87. The summed E-state index contributed by atoms with van der Waals surface area (Å²) < 4.78 is 38.1. The van der Waals surface area contributed by atoms with Gasteiger partial charge >= 0.3 is 5.97 Å². The Bertz CT molecular complexity index is 2020. The third-order valence-corrected chi connectivity index (χ3v) is 16.3.